The van der Waals surface area contributed by atoms with Crippen LogP contribution in [-0.2, 0) is 13.0 Å². The van der Waals surface area contributed by atoms with Crippen LogP contribution >= 0.6 is 34.8 Å². The van der Waals surface area contributed by atoms with Crippen LogP contribution in [0.2, 0.25) is 15.1 Å². The van der Waals surface area contributed by atoms with E-state index in [-0.39, 0.29) is 0 Å². The Labute approximate surface area is 146 Å². The Balaban J connectivity index is 1.85. The summed E-state index contributed by atoms with van der Waals surface area (Å²) in [6.45, 7) is 4.01. The second kappa shape index (κ2) is 8.64. The third-order valence-corrected chi connectivity index (χ3v) is 3.99. The van der Waals surface area contributed by atoms with Crippen molar-refractivity contribution in [2.75, 3.05) is 13.2 Å². The van der Waals surface area contributed by atoms with Crippen LogP contribution in [0.1, 0.15) is 18.1 Å². The van der Waals surface area contributed by atoms with E-state index in [1.807, 2.05) is 43.3 Å². The van der Waals surface area contributed by atoms with E-state index in [9.17, 15) is 0 Å². The molecule has 0 aliphatic carbocycles. The molecule has 118 valence electrons. The first-order valence-corrected chi connectivity index (χ1v) is 8.29. The average Bonchev–Trinajstić information content (AvgIpc) is 2.49. The molecule has 0 heterocycles. The highest BCUT2D eigenvalue weighted by Gasteiger charge is 2.09. The van der Waals surface area contributed by atoms with Crippen LogP contribution < -0.4 is 10.1 Å². The maximum absolute atomic E-state index is 6.19. The van der Waals surface area contributed by atoms with Crippen LogP contribution in [0.25, 0.3) is 0 Å². The topological polar surface area (TPSA) is 21.3 Å². The zero-order valence-corrected chi connectivity index (χ0v) is 14.6. The smallest absolute Gasteiger partial charge is 0.156 e. The zero-order valence-electron chi connectivity index (χ0n) is 12.3. The summed E-state index contributed by atoms with van der Waals surface area (Å²) in [6, 6.07) is 11.6. The number of rotatable bonds is 7. The van der Waals surface area contributed by atoms with E-state index < -0.39 is 0 Å². The van der Waals surface area contributed by atoms with Crippen molar-refractivity contribution in [3.63, 3.8) is 0 Å². The van der Waals surface area contributed by atoms with Gasteiger partial charge < -0.3 is 10.1 Å². The third-order valence-electron chi connectivity index (χ3n) is 3.18. The van der Waals surface area contributed by atoms with Crippen molar-refractivity contribution in [2.45, 2.75) is 19.9 Å². The first kappa shape index (κ1) is 17.4. The van der Waals surface area contributed by atoms with Gasteiger partial charge in [-0.05, 0) is 55.3 Å². The SMILES string of the molecule is CCOc1c(Cl)cc(CNCCc2ccc(Cl)cc2)cc1Cl. The van der Waals surface area contributed by atoms with E-state index in [0.717, 1.165) is 23.6 Å². The minimum absolute atomic E-state index is 0.540. The van der Waals surface area contributed by atoms with Crippen molar-refractivity contribution in [1.82, 2.24) is 5.32 Å². The van der Waals surface area contributed by atoms with Crippen molar-refractivity contribution >= 4 is 34.8 Å². The van der Waals surface area contributed by atoms with E-state index in [4.69, 9.17) is 39.5 Å². The lowest BCUT2D eigenvalue weighted by molar-refractivity contribution is 0.340. The largest absolute Gasteiger partial charge is 0.491 e. The van der Waals surface area contributed by atoms with E-state index >= 15 is 0 Å². The van der Waals surface area contributed by atoms with E-state index in [0.29, 0.717) is 28.9 Å². The molecular weight excluding hydrogens is 341 g/mol. The van der Waals surface area contributed by atoms with Crippen molar-refractivity contribution < 1.29 is 4.74 Å². The minimum Gasteiger partial charge on any atom is -0.491 e. The van der Waals surface area contributed by atoms with Gasteiger partial charge in [0.05, 0.1) is 16.7 Å². The highest BCUT2D eigenvalue weighted by atomic mass is 35.5. The second-order valence-electron chi connectivity index (χ2n) is 4.87. The van der Waals surface area contributed by atoms with Crippen LogP contribution in [0.4, 0.5) is 0 Å². The van der Waals surface area contributed by atoms with Crippen LogP contribution in [-0.4, -0.2) is 13.2 Å². The van der Waals surface area contributed by atoms with Gasteiger partial charge in [0, 0.05) is 11.6 Å². The molecule has 1 N–H and O–H groups in total. The summed E-state index contributed by atoms with van der Waals surface area (Å²) >= 11 is 18.2. The highest BCUT2D eigenvalue weighted by Crippen LogP contribution is 2.34. The summed E-state index contributed by atoms with van der Waals surface area (Å²) in [5.74, 6) is 0.552. The normalized spacial score (nSPS) is 10.7. The van der Waals surface area contributed by atoms with Crippen LogP contribution in [0.15, 0.2) is 36.4 Å². The lowest BCUT2D eigenvalue weighted by atomic mass is 10.1. The first-order chi connectivity index (χ1) is 10.6. The Morgan fingerprint density at radius 1 is 0.955 bits per heavy atom. The second-order valence-corrected chi connectivity index (χ2v) is 6.13. The third kappa shape index (κ3) is 5.06. The Kier molecular flexibility index (Phi) is 6.84. The quantitative estimate of drug-likeness (QED) is 0.671. The molecule has 0 aromatic heterocycles. The minimum atomic E-state index is 0.540. The molecule has 0 spiro atoms. The number of hydrogen-bond acceptors (Lipinski definition) is 2. The van der Waals surface area contributed by atoms with Crippen LogP contribution in [0.3, 0.4) is 0 Å². The number of ether oxygens (including phenoxy) is 1. The van der Waals surface area contributed by atoms with Crippen molar-refractivity contribution in [3.8, 4) is 5.75 Å². The predicted octanol–water partition coefficient (Wildman–Crippen LogP) is 5.38. The fourth-order valence-corrected chi connectivity index (χ4v) is 2.88. The molecule has 5 heteroatoms. The number of hydrogen-bond donors (Lipinski definition) is 1. The standard InChI is InChI=1S/C17H18Cl3NO/c1-2-22-17-15(19)9-13(10-16(17)20)11-21-8-7-12-3-5-14(18)6-4-12/h3-6,9-10,21H,2,7-8,11H2,1H3. The first-order valence-electron chi connectivity index (χ1n) is 7.16. The van der Waals surface area contributed by atoms with Gasteiger partial charge in [-0.15, -0.1) is 0 Å². The summed E-state index contributed by atoms with van der Waals surface area (Å²) in [5.41, 5.74) is 2.29. The molecule has 0 unspecified atom stereocenters. The lowest BCUT2D eigenvalue weighted by Crippen LogP contribution is -2.16. The lowest BCUT2D eigenvalue weighted by Gasteiger charge is -2.11. The molecule has 0 radical (unpaired) electrons. The van der Waals surface area contributed by atoms with Crippen molar-refractivity contribution in [1.29, 1.82) is 0 Å². The van der Waals surface area contributed by atoms with Gasteiger partial charge in [-0.2, -0.15) is 0 Å². The fraction of sp³-hybridized carbons (Fsp3) is 0.294. The monoisotopic (exact) mass is 357 g/mol. The van der Waals surface area contributed by atoms with Crippen molar-refractivity contribution in [2.24, 2.45) is 0 Å². The van der Waals surface area contributed by atoms with Gasteiger partial charge in [0.2, 0.25) is 0 Å². The van der Waals surface area contributed by atoms with Gasteiger partial charge in [0.15, 0.2) is 5.75 Å². The molecule has 0 atom stereocenters. The number of nitrogens with one attached hydrogen (secondary N) is 1. The molecule has 0 aliphatic heterocycles. The summed E-state index contributed by atoms with van der Waals surface area (Å²) in [5, 5.41) is 5.23. The molecule has 2 aromatic rings. The summed E-state index contributed by atoms with van der Waals surface area (Å²) in [4.78, 5) is 0. The molecule has 0 saturated heterocycles. The van der Waals surface area contributed by atoms with Crippen LogP contribution in [0, 0.1) is 0 Å². The Morgan fingerprint density at radius 3 is 2.18 bits per heavy atom. The molecule has 0 amide bonds. The summed E-state index contributed by atoms with van der Waals surface area (Å²) in [7, 11) is 0. The van der Waals surface area contributed by atoms with Gasteiger partial charge in [0.1, 0.15) is 0 Å². The molecular formula is C17H18Cl3NO. The fourth-order valence-electron chi connectivity index (χ4n) is 2.11. The van der Waals surface area contributed by atoms with Gasteiger partial charge in [0.25, 0.3) is 0 Å². The van der Waals surface area contributed by atoms with Crippen molar-refractivity contribution in [3.05, 3.63) is 62.6 Å². The predicted molar refractivity (Wildman–Crippen MR) is 94.5 cm³/mol. The zero-order chi connectivity index (χ0) is 15.9. The molecule has 0 saturated carbocycles. The molecule has 22 heavy (non-hydrogen) atoms. The summed E-state index contributed by atoms with van der Waals surface area (Å²) < 4.78 is 5.42. The van der Waals surface area contributed by atoms with Gasteiger partial charge in [-0.1, -0.05) is 46.9 Å². The van der Waals surface area contributed by atoms with E-state index in [1.165, 1.54) is 5.56 Å². The van der Waals surface area contributed by atoms with Gasteiger partial charge in [-0.25, -0.2) is 0 Å². The molecule has 2 nitrogen and oxygen atoms in total. The highest BCUT2D eigenvalue weighted by molar-refractivity contribution is 6.37. The van der Waals surface area contributed by atoms with E-state index in [1.54, 1.807) is 0 Å². The van der Waals surface area contributed by atoms with Gasteiger partial charge >= 0.3 is 0 Å². The number of benzene rings is 2. The summed E-state index contributed by atoms with van der Waals surface area (Å²) in [6.07, 6.45) is 0.940. The molecule has 2 aromatic carbocycles. The Hall–Kier alpha value is -0.930. The van der Waals surface area contributed by atoms with E-state index in [2.05, 4.69) is 5.32 Å². The molecule has 0 fully saturated rings. The van der Waals surface area contributed by atoms with Crippen LogP contribution in [0.5, 0.6) is 5.75 Å². The van der Waals surface area contributed by atoms with Gasteiger partial charge in [-0.3, -0.25) is 0 Å². The number of halogens is 3. The Bertz CT molecular complexity index is 591. The molecule has 0 bridgehead atoms. The molecule has 0 aliphatic rings. The maximum atomic E-state index is 6.19. The molecule has 2 rings (SSSR count). The Morgan fingerprint density at radius 2 is 1.59 bits per heavy atom. The maximum Gasteiger partial charge on any atom is 0.156 e. The average molecular weight is 359 g/mol.